The number of hydrogen-bond donors (Lipinski definition) is 1. The molecule has 0 unspecified atom stereocenters. The van der Waals surface area contributed by atoms with Crippen molar-refractivity contribution in [2.45, 2.75) is 50.0 Å². The van der Waals surface area contributed by atoms with Gasteiger partial charge in [-0.2, -0.15) is 0 Å². The summed E-state index contributed by atoms with van der Waals surface area (Å²) >= 11 is 1.69. The van der Waals surface area contributed by atoms with Crippen LogP contribution >= 0.6 is 11.8 Å². The predicted molar refractivity (Wildman–Crippen MR) is 90.2 cm³/mol. The molecule has 21 heavy (non-hydrogen) atoms. The van der Waals surface area contributed by atoms with Crippen LogP contribution in [0.3, 0.4) is 0 Å². The van der Waals surface area contributed by atoms with E-state index in [-0.39, 0.29) is 5.41 Å². The standard InChI is InChI=1S/C17H23N3S/c1-6-18-14-12(2)15(20-16(19-14)17(3,4)5)21-13-10-8-7-9-11-13/h7-11H,6H2,1-5H3,(H,18,19,20). The molecule has 0 bridgehead atoms. The molecular weight excluding hydrogens is 278 g/mol. The molecule has 0 aliphatic rings. The summed E-state index contributed by atoms with van der Waals surface area (Å²) in [5.74, 6) is 1.82. The number of hydrogen-bond acceptors (Lipinski definition) is 4. The first-order valence-electron chi connectivity index (χ1n) is 7.27. The third-order valence-electron chi connectivity index (χ3n) is 3.07. The van der Waals surface area contributed by atoms with E-state index in [0.717, 1.165) is 28.8 Å². The molecular formula is C17H23N3S. The van der Waals surface area contributed by atoms with E-state index in [0.29, 0.717) is 0 Å². The molecule has 0 fully saturated rings. The Balaban J connectivity index is 2.45. The van der Waals surface area contributed by atoms with E-state index in [4.69, 9.17) is 9.97 Å². The second-order valence-electron chi connectivity index (χ2n) is 6.02. The average molecular weight is 301 g/mol. The van der Waals surface area contributed by atoms with Crippen molar-refractivity contribution in [2.75, 3.05) is 11.9 Å². The quantitative estimate of drug-likeness (QED) is 0.833. The summed E-state index contributed by atoms with van der Waals surface area (Å²) in [6, 6.07) is 10.3. The minimum Gasteiger partial charge on any atom is -0.370 e. The molecule has 112 valence electrons. The summed E-state index contributed by atoms with van der Waals surface area (Å²) < 4.78 is 0. The molecule has 4 heteroatoms. The zero-order valence-corrected chi connectivity index (χ0v) is 14.2. The highest BCUT2D eigenvalue weighted by atomic mass is 32.2. The van der Waals surface area contributed by atoms with Crippen LogP contribution in [0.2, 0.25) is 0 Å². The van der Waals surface area contributed by atoms with Gasteiger partial charge in [0.25, 0.3) is 0 Å². The summed E-state index contributed by atoms with van der Waals surface area (Å²) in [4.78, 5) is 10.7. The second-order valence-corrected chi connectivity index (χ2v) is 7.08. The molecule has 0 radical (unpaired) electrons. The van der Waals surface area contributed by atoms with Crippen LogP contribution in [-0.2, 0) is 5.41 Å². The van der Waals surface area contributed by atoms with Crippen LogP contribution in [0.5, 0.6) is 0 Å². The highest BCUT2D eigenvalue weighted by molar-refractivity contribution is 7.99. The van der Waals surface area contributed by atoms with Crippen molar-refractivity contribution in [1.82, 2.24) is 9.97 Å². The highest BCUT2D eigenvalue weighted by Crippen LogP contribution is 2.33. The van der Waals surface area contributed by atoms with E-state index < -0.39 is 0 Å². The summed E-state index contributed by atoms with van der Waals surface area (Å²) in [5.41, 5.74) is 1.04. The Bertz CT molecular complexity index is 603. The zero-order valence-electron chi connectivity index (χ0n) is 13.4. The normalized spacial score (nSPS) is 11.5. The van der Waals surface area contributed by atoms with E-state index in [9.17, 15) is 0 Å². The van der Waals surface area contributed by atoms with Gasteiger partial charge < -0.3 is 5.32 Å². The Hall–Kier alpha value is -1.55. The Morgan fingerprint density at radius 2 is 1.76 bits per heavy atom. The van der Waals surface area contributed by atoms with Crippen molar-refractivity contribution in [1.29, 1.82) is 0 Å². The molecule has 0 atom stereocenters. The number of anilines is 1. The maximum absolute atomic E-state index is 4.79. The fraction of sp³-hybridized carbons (Fsp3) is 0.412. The van der Waals surface area contributed by atoms with Gasteiger partial charge in [-0.05, 0) is 26.0 Å². The first kappa shape index (κ1) is 15.8. The molecule has 2 rings (SSSR count). The van der Waals surface area contributed by atoms with Crippen molar-refractivity contribution < 1.29 is 0 Å². The van der Waals surface area contributed by atoms with E-state index in [2.05, 4.69) is 64.2 Å². The van der Waals surface area contributed by atoms with Crippen molar-refractivity contribution >= 4 is 17.6 Å². The first-order chi connectivity index (χ1) is 9.91. The van der Waals surface area contributed by atoms with E-state index in [1.165, 1.54) is 4.90 Å². The minimum absolute atomic E-state index is 0.0656. The minimum atomic E-state index is -0.0656. The Morgan fingerprint density at radius 1 is 1.10 bits per heavy atom. The van der Waals surface area contributed by atoms with Gasteiger partial charge >= 0.3 is 0 Å². The monoisotopic (exact) mass is 301 g/mol. The van der Waals surface area contributed by atoms with Crippen LogP contribution in [0, 0.1) is 6.92 Å². The maximum atomic E-state index is 4.79. The lowest BCUT2D eigenvalue weighted by atomic mass is 9.95. The van der Waals surface area contributed by atoms with Crippen LogP contribution in [-0.4, -0.2) is 16.5 Å². The molecule has 0 aliphatic heterocycles. The molecule has 1 heterocycles. The lowest BCUT2D eigenvalue weighted by Gasteiger charge is -2.20. The Labute approximate surface area is 131 Å². The van der Waals surface area contributed by atoms with Gasteiger partial charge in [0.2, 0.25) is 0 Å². The van der Waals surface area contributed by atoms with Gasteiger partial charge in [0.1, 0.15) is 16.7 Å². The molecule has 1 aromatic heterocycles. The van der Waals surface area contributed by atoms with Gasteiger partial charge in [0.05, 0.1) is 0 Å². The van der Waals surface area contributed by atoms with Crippen LogP contribution in [0.4, 0.5) is 5.82 Å². The molecule has 0 amide bonds. The molecule has 0 saturated heterocycles. The van der Waals surface area contributed by atoms with Crippen LogP contribution < -0.4 is 5.32 Å². The predicted octanol–water partition coefficient (Wildman–Crippen LogP) is 4.67. The average Bonchev–Trinajstić information content (AvgIpc) is 2.43. The highest BCUT2D eigenvalue weighted by Gasteiger charge is 2.21. The van der Waals surface area contributed by atoms with Gasteiger partial charge in [0, 0.05) is 22.4 Å². The second kappa shape index (κ2) is 6.48. The summed E-state index contributed by atoms with van der Waals surface area (Å²) in [6.07, 6.45) is 0. The Morgan fingerprint density at radius 3 is 2.33 bits per heavy atom. The molecule has 0 spiro atoms. The van der Waals surface area contributed by atoms with Crippen molar-refractivity contribution in [3.8, 4) is 0 Å². The van der Waals surface area contributed by atoms with Gasteiger partial charge in [-0.3, -0.25) is 0 Å². The fourth-order valence-corrected chi connectivity index (χ4v) is 2.77. The molecule has 1 aromatic carbocycles. The maximum Gasteiger partial charge on any atom is 0.137 e. The summed E-state index contributed by atoms with van der Waals surface area (Å²) in [5, 5.41) is 4.38. The van der Waals surface area contributed by atoms with Gasteiger partial charge in [0.15, 0.2) is 0 Å². The number of nitrogens with one attached hydrogen (secondary N) is 1. The molecule has 0 saturated carbocycles. The third-order valence-corrected chi connectivity index (χ3v) is 4.17. The van der Waals surface area contributed by atoms with Crippen LogP contribution in [0.1, 0.15) is 39.1 Å². The molecule has 2 aromatic rings. The smallest absolute Gasteiger partial charge is 0.137 e. The lowest BCUT2D eigenvalue weighted by Crippen LogP contribution is -2.18. The van der Waals surface area contributed by atoms with Crippen molar-refractivity contribution in [3.05, 3.63) is 41.7 Å². The fourth-order valence-electron chi connectivity index (χ4n) is 1.87. The summed E-state index contributed by atoms with van der Waals surface area (Å²) in [7, 11) is 0. The van der Waals surface area contributed by atoms with E-state index >= 15 is 0 Å². The molecule has 1 N–H and O–H groups in total. The van der Waals surface area contributed by atoms with Crippen LogP contribution in [0.15, 0.2) is 40.3 Å². The third kappa shape index (κ3) is 3.97. The Kier molecular flexibility index (Phi) is 4.88. The first-order valence-corrected chi connectivity index (χ1v) is 8.09. The summed E-state index contributed by atoms with van der Waals surface area (Å²) in [6.45, 7) is 11.5. The zero-order chi connectivity index (χ0) is 15.5. The topological polar surface area (TPSA) is 37.8 Å². The van der Waals surface area contributed by atoms with Crippen molar-refractivity contribution in [3.63, 3.8) is 0 Å². The van der Waals surface area contributed by atoms with E-state index in [1.54, 1.807) is 11.8 Å². The molecule has 3 nitrogen and oxygen atoms in total. The van der Waals surface area contributed by atoms with Crippen LogP contribution in [0.25, 0.3) is 0 Å². The van der Waals surface area contributed by atoms with Crippen molar-refractivity contribution in [2.24, 2.45) is 0 Å². The number of nitrogens with zero attached hydrogens (tertiary/aromatic N) is 2. The van der Waals surface area contributed by atoms with E-state index in [1.807, 2.05) is 6.07 Å². The van der Waals surface area contributed by atoms with Gasteiger partial charge in [-0.1, -0.05) is 50.7 Å². The number of benzene rings is 1. The lowest BCUT2D eigenvalue weighted by molar-refractivity contribution is 0.538. The van der Waals surface area contributed by atoms with Gasteiger partial charge in [-0.25, -0.2) is 9.97 Å². The van der Waals surface area contributed by atoms with Gasteiger partial charge in [-0.15, -0.1) is 0 Å². The largest absolute Gasteiger partial charge is 0.370 e. The number of aromatic nitrogens is 2. The SMILES string of the molecule is CCNc1nc(C(C)(C)C)nc(Sc2ccccc2)c1C. The number of rotatable bonds is 4. The molecule has 0 aliphatic carbocycles.